The van der Waals surface area contributed by atoms with Gasteiger partial charge in [0.25, 0.3) is 11.5 Å². The largest absolute Gasteiger partial charge is 0.489 e. The zero-order valence-corrected chi connectivity index (χ0v) is 18.0. The molecule has 1 amide bonds. The van der Waals surface area contributed by atoms with Crippen LogP contribution in [-0.4, -0.2) is 22.4 Å². The average Bonchev–Trinajstić information content (AvgIpc) is 2.82. The molecule has 0 saturated heterocycles. The number of nitrogens with one attached hydrogen (secondary N) is 2. The number of para-hydroxylation sites is 1. The van der Waals surface area contributed by atoms with Gasteiger partial charge in [0.05, 0.1) is 11.2 Å². The van der Waals surface area contributed by atoms with Crippen molar-refractivity contribution >= 4 is 22.5 Å². The Labute approximate surface area is 189 Å². The van der Waals surface area contributed by atoms with E-state index in [4.69, 9.17) is 10.5 Å². The highest BCUT2D eigenvalue weighted by Crippen LogP contribution is 2.34. The summed E-state index contributed by atoms with van der Waals surface area (Å²) in [7, 11) is 0. The molecule has 0 aliphatic heterocycles. The van der Waals surface area contributed by atoms with E-state index in [2.05, 4.69) is 15.3 Å². The van der Waals surface area contributed by atoms with Gasteiger partial charge in [-0.1, -0.05) is 31.2 Å². The molecule has 33 heavy (non-hydrogen) atoms. The molecule has 4 aromatic rings. The number of aromatic amines is 1. The van der Waals surface area contributed by atoms with E-state index in [1.807, 2.05) is 19.1 Å². The minimum atomic E-state index is -0.634. The number of halogens is 1. The summed E-state index contributed by atoms with van der Waals surface area (Å²) in [5.74, 6) is -0.571. The van der Waals surface area contributed by atoms with Gasteiger partial charge in [0, 0.05) is 41.0 Å². The molecule has 0 spiro atoms. The van der Waals surface area contributed by atoms with E-state index in [-0.39, 0.29) is 23.4 Å². The first-order valence-electron chi connectivity index (χ1n) is 10.5. The number of H-pyrrole nitrogens is 1. The van der Waals surface area contributed by atoms with E-state index in [0.717, 1.165) is 12.0 Å². The number of pyridine rings is 2. The summed E-state index contributed by atoms with van der Waals surface area (Å²) < 4.78 is 20.6. The number of benzene rings is 2. The predicted octanol–water partition coefficient (Wildman–Crippen LogP) is 4.03. The van der Waals surface area contributed by atoms with Crippen molar-refractivity contribution in [1.82, 2.24) is 15.3 Å². The number of hydrogen-bond donors (Lipinski definition) is 3. The number of amides is 1. The number of hydrogen-bond acceptors (Lipinski definition) is 5. The van der Waals surface area contributed by atoms with Crippen LogP contribution in [0.25, 0.3) is 22.0 Å². The number of nitrogens with zero attached hydrogens (tertiary/aromatic N) is 1. The van der Waals surface area contributed by atoms with Crippen LogP contribution in [0.1, 0.15) is 29.3 Å². The first-order valence-corrected chi connectivity index (χ1v) is 10.5. The second-order valence-corrected chi connectivity index (χ2v) is 7.52. The number of fused-ring (bicyclic) bond motifs is 1. The maximum Gasteiger partial charge on any atom is 0.263 e. The quantitative estimate of drug-likeness (QED) is 0.397. The van der Waals surface area contributed by atoms with Gasteiger partial charge in [-0.2, -0.15) is 0 Å². The molecule has 0 aliphatic rings. The van der Waals surface area contributed by atoms with Gasteiger partial charge in [0.1, 0.15) is 23.7 Å². The SMILES string of the molecule is CCCNC(=O)c1c(N)c2cccc(-c3cc(OCc4cccnc4)ccc3F)c2[nH]c1=O. The normalized spacial score (nSPS) is 10.8. The van der Waals surface area contributed by atoms with E-state index in [1.54, 1.807) is 36.7 Å². The van der Waals surface area contributed by atoms with Crippen molar-refractivity contribution in [3.05, 3.63) is 88.2 Å². The van der Waals surface area contributed by atoms with Crippen LogP contribution < -0.4 is 21.3 Å². The van der Waals surface area contributed by atoms with Crippen LogP contribution in [-0.2, 0) is 6.61 Å². The fraction of sp³-hybridized carbons (Fsp3) is 0.160. The zero-order chi connectivity index (χ0) is 23.4. The summed E-state index contributed by atoms with van der Waals surface area (Å²) in [6.07, 6.45) is 4.09. The van der Waals surface area contributed by atoms with E-state index >= 15 is 0 Å². The lowest BCUT2D eigenvalue weighted by atomic mass is 9.99. The van der Waals surface area contributed by atoms with Crippen molar-refractivity contribution in [2.24, 2.45) is 0 Å². The smallest absolute Gasteiger partial charge is 0.263 e. The monoisotopic (exact) mass is 446 g/mol. The number of ether oxygens (including phenoxy) is 1. The van der Waals surface area contributed by atoms with E-state index in [9.17, 15) is 14.0 Å². The number of carbonyl (C=O) groups excluding carboxylic acids is 1. The number of nitrogens with two attached hydrogens (primary N) is 1. The van der Waals surface area contributed by atoms with Crippen LogP contribution in [0, 0.1) is 5.82 Å². The highest BCUT2D eigenvalue weighted by Gasteiger charge is 2.20. The fourth-order valence-corrected chi connectivity index (χ4v) is 3.57. The summed E-state index contributed by atoms with van der Waals surface area (Å²) >= 11 is 0. The van der Waals surface area contributed by atoms with E-state index in [0.29, 0.717) is 28.8 Å². The molecular formula is C25H23FN4O3. The molecule has 0 fully saturated rings. The summed E-state index contributed by atoms with van der Waals surface area (Å²) in [5, 5.41) is 3.12. The zero-order valence-electron chi connectivity index (χ0n) is 18.0. The van der Waals surface area contributed by atoms with Gasteiger partial charge < -0.3 is 20.8 Å². The maximum absolute atomic E-state index is 14.8. The van der Waals surface area contributed by atoms with Gasteiger partial charge in [0.2, 0.25) is 0 Å². The lowest BCUT2D eigenvalue weighted by Crippen LogP contribution is -2.31. The Morgan fingerprint density at radius 3 is 2.79 bits per heavy atom. The van der Waals surface area contributed by atoms with Crippen LogP contribution in [0.5, 0.6) is 5.75 Å². The third-order valence-electron chi connectivity index (χ3n) is 5.21. The van der Waals surface area contributed by atoms with E-state index < -0.39 is 17.3 Å². The third-order valence-corrected chi connectivity index (χ3v) is 5.21. The number of anilines is 1. The van der Waals surface area contributed by atoms with Crippen LogP contribution >= 0.6 is 0 Å². The maximum atomic E-state index is 14.8. The van der Waals surface area contributed by atoms with Crippen LogP contribution in [0.2, 0.25) is 0 Å². The van der Waals surface area contributed by atoms with Gasteiger partial charge in [-0.3, -0.25) is 14.6 Å². The standard InChI is InChI=1S/C25H23FN4O3/c1-2-10-29-24(31)21-22(27)18-7-3-6-17(23(18)30-25(21)32)19-12-16(8-9-20(19)26)33-14-15-5-4-11-28-13-15/h3-9,11-13H,2,10,14H2,1H3,(H,29,31)(H3,27,30,32). The average molecular weight is 446 g/mol. The van der Waals surface area contributed by atoms with Crippen LogP contribution in [0.15, 0.2) is 65.7 Å². The van der Waals surface area contributed by atoms with Crippen molar-refractivity contribution in [2.45, 2.75) is 20.0 Å². The Bertz CT molecular complexity index is 1370. The Balaban J connectivity index is 1.75. The first-order chi connectivity index (χ1) is 16.0. The van der Waals surface area contributed by atoms with E-state index in [1.165, 1.54) is 12.1 Å². The Kier molecular flexibility index (Phi) is 6.35. The van der Waals surface area contributed by atoms with Gasteiger partial charge in [0.15, 0.2) is 0 Å². The first kappa shape index (κ1) is 22.0. The fourth-order valence-electron chi connectivity index (χ4n) is 3.57. The summed E-state index contributed by atoms with van der Waals surface area (Å²) in [6.45, 7) is 2.60. The van der Waals surface area contributed by atoms with Gasteiger partial charge in [-0.25, -0.2) is 4.39 Å². The number of rotatable bonds is 7. The van der Waals surface area contributed by atoms with Gasteiger partial charge in [-0.05, 0) is 30.7 Å². The van der Waals surface area contributed by atoms with Crippen molar-refractivity contribution < 1.29 is 13.9 Å². The minimum Gasteiger partial charge on any atom is -0.489 e. The molecule has 2 heterocycles. The Hall–Kier alpha value is -4.20. The molecule has 4 rings (SSSR count). The summed E-state index contributed by atoms with van der Waals surface area (Å²) in [4.78, 5) is 31.9. The number of carbonyl (C=O) groups is 1. The Morgan fingerprint density at radius 1 is 1.18 bits per heavy atom. The van der Waals surface area contributed by atoms with Gasteiger partial charge in [-0.15, -0.1) is 0 Å². The molecule has 8 heteroatoms. The molecule has 168 valence electrons. The molecule has 7 nitrogen and oxygen atoms in total. The molecule has 0 aliphatic carbocycles. The minimum absolute atomic E-state index is 0.0496. The molecule has 0 atom stereocenters. The topological polar surface area (TPSA) is 110 Å². The third kappa shape index (κ3) is 4.55. The number of nitrogen functional groups attached to an aromatic ring is 1. The van der Waals surface area contributed by atoms with Crippen molar-refractivity contribution in [3.63, 3.8) is 0 Å². The molecular weight excluding hydrogens is 423 g/mol. The molecule has 2 aromatic heterocycles. The highest BCUT2D eigenvalue weighted by molar-refractivity contribution is 6.08. The van der Waals surface area contributed by atoms with Gasteiger partial charge >= 0.3 is 0 Å². The lowest BCUT2D eigenvalue weighted by Gasteiger charge is -2.13. The molecule has 0 unspecified atom stereocenters. The molecule has 0 radical (unpaired) electrons. The molecule has 4 N–H and O–H groups in total. The van der Waals surface area contributed by atoms with Crippen LogP contribution in [0.4, 0.5) is 10.1 Å². The summed E-state index contributed by atoms with van der Waals surface area (Å²) in [6, 6.07) is 13.2. The molecule has 0 bridgehead atoms. The van der Waals surface area contributed by atoms with Crippen molar-refractivity contribution in [3.8, 4) is 16.9 Å². The molecule has 0 saturated carbocycles. The highest BCUT2D eigenvalue weighted by atomic mass is 19.1. The second kappa shape index (κ2) is 9.52. The Morgan fingerprint density at radius 2 is 2.03 bits per heavy atom. The predicted molar refractivity (Wildman–Crippen MR) is 126 cm³/mol. The lowest BCUT2D eigenvalue weighted by molar-refractivity contribution is 0.0953. The van der Waals surface area contributed by atoms with Crippen molar-refractivity contribution in [1.29, 1.82) is 0 Å². The number of aromatic nitrogens is 2. The van der Waals surface area contributed by atoms with Crippen molar-refractivity contribution in [2.75, 3.05) is 12.3 Å². The molecule has 2 aromatic carbocycles. The summed E-state index contributed by atoms with van der Waals surface area (Å²) in [5.41, 5.74) is 7.37. The van der Waals surface area contributed by atoms with Crippen LogP contribution in [0.3, 0.4) is 0 Å². The second-order valence-electron chi connectivity index (χ2n) is 7.52.